The number of aromatic hydroxyl groups is 1. The molecule has 0 aliphatic rings. The number of ether oxygens (including phenoxy) is 1. The zero-order valence-electron chi connectivity index (χ0n) is 17.8. The Morgan fingerprint density at radius 1 is 0.966 bits per heavy atom. The van der Waals surface area contributed by atoms with Crippen molar-refractivity contribution in [1.29, 1.82) is 0 Å². The summed E-state index contributed by atoms with van der Waals surface area (Å²) >= 11 is 0. The Morgan fingerprint density at radius 3 is 2.10 bits per heavy atom. The van der Waals surface area contributed by atoms with Crippen molar-refractivity contribution in [3.8, 4) is 11.5 Å². The van der Waals surface area contributed by atoms with Crippen molar-refractivity contribution >= 4 is 17.9 Å². The van der Waals surface area contributed by atoms with E-state index in [0.29, 0.717) is 6.61 Å². The quantitative estimate of drug-likeness (QED) is 0.576. The normalized spacial score (nSPS) is 11.6. The van der Waals surface area contributed by atoms with E-state index in [9.17, 15) is 9.90 Å². The first kappa shape index (κ1) is 22.4. The Kier molecular flexibility index (Phi) is 8.68. The minimum Gasteiger partial charge on any atom is -0.508 e. The number of carbonyl (C=O) groups is 1. The third kappa shape index (κ3) is 7.24. The van der Waals surface area contributed by atoms with Crippen LogP contribution in [0.15, 0.2) is 48.6 Å². The molecule has 0 bridgehead atoms. The molecule has 2 rings (SSSR count). The fraction of sp³-hybridized carbons (Fsp3) is 0.320. The first-order valence-electron chi connectivity index (χ1n) is 10.1. The van der Waals surface area contributed by atoms with Crippen LogP contribution in [-0.4, -0.2) is 42.0 Å². The Balaban J connectivity index is 1.94. The van der Waals surface area contributed by atoms with E-state index >= 15 is 0 Å². The van der Waals surface area contributed by atoms with Crippen molar-refractivity contribution in [1.82, 2.24) is 4.90 Å². The van der Waals surface area contributed by atoms with Crippen LogP contribution in [0.5, 0.6) is 11.5 Å². The molecule has 0 aromatic heterocycles. The molecular weight excluding hydrogens is 362 g/mol. The minimum atomic E-state index is -0.0866. The summed E-state index contributed by atoms with van der Waals surface area (Å²) in [6, 6.07) is 11.0. The fourth-order valence-corrected chi connectivity index (χ4v) is 3.00. The van der Waals surface area contributed by atoms with Gasteiger partial charge in [0, 0.05) is 6.54 Å². The molecule has 0 aliphatic heterocycles. The van der Waals surface area contributed by atoms with Gasteiger partial charge < -0.3 is 14.7 Å². The Bertz CT molecular complexity index is 880. The van der Waals surface area contributed by atoms with Gasteiger partial charge in [-0.25, -0.2) is 0 Å². The van der Waals surface area contributed by atoms with Crippen LogP contribution in [0.4, 0.5) is 0 Å². The van der Waals surface area contributed by atoms with E-state index in [-0.39, 0.29) is 11.5 Å². The number of hydrogen-bond acceptors (Lipinski definition) is 4. The summed E-state index contributed by atoms with van der Waals surface area (Å²) in [4.78, 5) is 14.5. The maximum Gasteiger partial charge on any atom is 0.178 e. The lowest BCUT2D eigenvalue weighted by Crippen LogP contribution is -2.27. The number of aryl methyl sites for hydroxylation is 2. The number of nitrogens with zero attached hydrogens (tertiary/aromatic N) is 1. The molecule has 1 N–H and O–H groups in total. The molecule has 4 heteroatoms. The second kappa shape index (κ2) is 11.2. The van der Waals surface area contributed by atoms with Crippen molar-refractivity contribution in [3.63, 3.8) is 0 Å². The number of phenolic OH excluding ortho intramolecular Hbond substituents is 1. The van der Waals surface area contributed by atoms with Gasteiger partial charge in [-0.15, -0.1) is 0 Å². The first-order chi connectivity index (χ1) is 13.9. The van der Waals surface area contributed by atoms with Crippen LogP contribution in [0.1, 0.15) is 36.1 Å². The van der Waals surface area contributed by atoms with Gasteiger partial charge in [0.2, 0.25) is 0 Å². The van der Waals surface area contributed by atoms with Crippen molar-refractivity contribution < 1.29 is 14.6 Å². The number of ketones is 1. The number of benzene rings is 2. The number of hydrogen-bond donors (Lipinski definition) is 1. The van der Waals surface area contributed by atoms with Crippen LogP contribution in [0.2, 0.25) is 0 Å². The zero-order valence-corrected chi connectivity index (χ0v) is 17.8. The Morgan fingerprint density at radius 2 is 1.55 bits per heavy atom. The van der Waals surface area contributed by atoms with Crippen molar-refractivity contribution in [2.45, 2.75) is 27.7 Å². The van der Waals surface area contributed by atoms with Crippen molar-refractivity contribution in [2.24, 2.45) is 0 Å². The molecule has 0 aliphatic carbocycles. The highest BCUT2D eigenvalue weighted by molar-refractivity contribution is 6.04. The molecule has 0 unspecified atom stereocenters. The highest BCUT2D eigenvalue weighted by Gasteiger charge is 2.02. The van der Waals surface area contributed by atoms with Gasteiger partial charge in [-0.3, -0.25) is 4.79 Å². The fourth-order valence-electron chi connectivity index (χ4n) is 3.00. The zero-order chi connectivity index (χ0) is 21.2. The summed E-state index contributed by atoms with van der Waals surface area (Å²) in [6.45, 7) is 11.8. The molecule has 29 heavy (non-hydrogen) atoms. The summed E-state index contributed by atoms with van der Waals surface area (Å²) < 4.78 is 5.85. The number of phenols is 1. The first-order valence-corrected chi connectivity index (χ1v) is 10.1. The smallest absolute Gasteiger partial charge is 0.178 e. The van der Waals surface area contributed by atoms with Gasteiger partial charge in [-0.05, 0) is 85.6 Å². The lowest BCUT2D eigenvalue weighted by atomic mass is 10.1. The molecule has 0 atom stereocenters. The summed E-state index contributed by atoms with van der Waals surface area (Å²) in [7, 11) is 0. The monoisotopic (exact) mass is 393 g/mol. The highest BCUT2D eigenvalue weighted by atomic mass is 16.5. The van der Waals surface area contributed by atoms with Gasteiger partial charge in [0.25, 0.3) is 0 Å². The van der Waals surface area contributed by atoms with Gasteiger partial charge in [-0.2, -0.15) is 0 Å². The summed E-state index contributed by atoms with van der Waals surface area (Å²) in [5.74, 6) is 0.985. The van der Waals surface area contributed by atoms with E-state index in [1.807, 2.05) is 38.1 Å². The number of allylic oxidation sites excluding steroid dienone is 2. The Labute approximate surface area is 174 Å². The van der Waals surface area contributed by atoms with E-state index in [0.717, 1.165) is 47.6 Å². The lowest BCUT2D eigenvalue weighted by molar-refractivity contribution is -0.110. The van der Waals surface area contributed by atoms with E-state index in [1.54, 1.807) is 30.4 Å². The number of rotatable bonds is 10. The Hall–Kier alpha value is -2.85. The van der Waals surface area contributed by atoms with Gasteiger partial charge in [-0.1, -0.05) is 38.1 Å². The molecule has 0 saturated carbocycles. The van der Waals surface area contributed by atoms with Crippen LogP contribution >= 0.6 is 0 Å². The molecule has 2 aromatic rings. The summed E-state index contributed by atoms with van der Waals surface area (Å²) in [5.41, 5.74) is 3.88. The molecule has 0 amide bonds. The molecule has 0 spiro atoms. The molecule has 0 heterocycles. The standard InChI is InChI=1S/C25H31NO3/c1-5-26(6-2)15-16-29-25-14-10-22(20(4)18-25)8-12-23(27)11-7-21-9-13-24(28)17-19(21)3/h7-14,17-18,28H,5-6,15-16H2,1-4H3. The molecule has 4 nitrogen and oxygen atoms in total. The number of likely N-dealkylation sites (N-methyl/N-ethyl adjacent to an activating group) is 1. The van der Waals surface area contributed by atoms with E-state index in [4.69, 9.17) is 4.74 Å². The predicted molar refractivity (Wildman–Crippen MR) is 120 cm³/mol. The molecule has 0 fully saturated rings. The third-order valence-electron chi connectivity index (χ3n) is 4.92. The predicted octanol–water partition coefficient (Wildman–Crippen LogP) is 5.03. The number of carbonyl (C=O) groups excluding carboxylic acids is 1. The third-order valence-corrected chi connectivity index (χ3v) is 4.92. The maximum atomic E-state index is 12.2. The summed E-state index contributed by atoms with van der Waals surface area (Å²) in [6.07, 6.45) is 6.69. The molecule has 0 saturated heterocycles. The van der Waals surface area contributed by atoms with Crippen LogP contribution in [0.3, 0.4) is 0 Å². The van der Waals surface area contributed by atoms with Crippen molar-refractivity contribution in [2.75, 3.05) is 26.2 Å². The second-order valence-corrected chi connectivity index (χ2v) is 7.00. The second-order valence-electron chi connectivity index (χ2n) is 7.00. The molecule has 0 radical (unpaired) electrons. The average molecular weight is 394 g/mol. The SMILES string of the molecule is CCN(CC)CCOc1ccc(C=CC(=O)C=Cc2ccc(O)cc2C)c(C)c1. The van der Waals surface area contributed by atoms with Crippen LogP contribution in [0, 0.1) is 13.8 Å². The molecular formula is C25H31NO3. The summed E-state index contributed by atoms with van der Waals surface area (Å²) in [5, 5.41) is 9.45. The largest absolute Gasteiger partial charge is 0.508 e. The van der Waals surface area contributed by atoms with Gasteiger partial charge >= 0.3 is 0 Å². The molecule has 154 valence electrons. The minimum absolute atomic E-state index is 0.0866. The average Bonchev–Trinajstić information content (AvgIpc) is 2.70. The van der Waals surface area contributed by atoms with E-state index in [2.05, 4.69) is 18.7 Å². The van der Waals surface area contributed by atoms with Gasteiger partial charge in [0.05, 0.1) is 0 Å². The highest BCUT2D eigenvalue weighted by Crippen LogP contribution is 2.19. The molecule has 2 aromatic carbocycles. The van der Waals surface area contributed by atoms with Gasteiger partial charge in [0.1, 0.15) is 18.1 Å². The van der Waals surface area contributed by atoms with Crippen LogP contribution in [0.25, 0.3) is 12.2 Å². The van der Waals surface area contributed by atoms with Crippen molar-refractivity contribution in [3.05, 3.63) is 70.8 Å². The van der Waals surface area contributed by atoms with E-state index < -0.39 is 0 Å². The van der Waals surface area contributed by atoms with Crippen LogP contribution in [-0.2, 0) is 4.79 Å². The van der Waals surface area contributed by atoms with E-state index in [1.165, 1.54) is 6.08 Å². The van der Waals surface area contributed by atoms with Gasteiger partial charge in [0.15, 0.2) is 5.78 Å². The lowest BCUT2D eigenvalue weighted by Gasteiger charge is -2.18. The maximum absolute atomic E-state index is 12.2. The topological polar surface area (TPSA) is 49.8 Å². The van der Waals surface area contributed by atoms with Crippen LogP contribution < -0.4 is 4.74 Å².